The number of aromatic nitrogens is 2. The van der Waals surface area contributed by atoms with Gasteiger partial charge in [0.05, 0.1) is 36.5 Å². The number of fused-ring (bicyclic) bond motifs is 1. The first kappa shape index (κ1) is 24.0. The molecule has 1 aliphatic heterocycles. The van der Waals surface area contributed by atoms with E-state index < -0.39 is 17.7 Å². The summed E-state index contributed by atoms with van der Waals surface area (Å²) in [4.78, 5) is 26.2. The molecule has 0 radical (unpaired) electrons. The van der Waals surface area contributed by atoms with Crippen molar-refractivity contribution in [3.05, 3.63) is 59.4 Å². The SMILES string of the molecule is COc1ccc(F)cc1[C@H]1CCCN1c1ccn2ncc(C(=O)N[C@H]3CC[C@H](C(=O)O)CC3)c2c1F. The van der Waals surface area contributed by atoms with E-state index in [4.69, 9.17) is 4.74 Å². The molecule has 1 atom stereocenters. The molecule has 2 aromatic heterocycles. The van der Waals surface area contributed by atoms with Crippen molar-refractivity contribution in [3.8, 4) is 5.75 Å². The van der Waals surface area contributed by atoms with Crippen LogP contribution in [0.3, 0.4) is 0 Å². The van der Waals surface area contributed by atoms with Crippen LogP contribution < -0.4 is 15.0 Å². The molecule has 0 bridgehead atoms. The Kier molecular flexibility index (Phi) is 6.51. The highest BCUT2D eigenvalue weighted by atomic mass is 19.1. The maximum atomic E-state index is 16.0. The van der Waals surface area contributed by atoms with Crippen molar-refractivity contribution in [1.82, 2.24) is 14.9 Å². The highest BCUT2D eigenvalue weighted by Gasteiger charge is 2.33. The Hall–Kier alpha value is -3.69. The van der Waals surface area contributed by atoms with Gasteiger partial charge < -0.3 is 20.1 Å². The minimum Gasteiger partial charge on any atom is -0.496 e. The molecule has 0 spiro atoms. The maximum absolute atomic E-state index is 16.0. The average Bonchev–Trinajstić information content (AvgIpc) is 3.52. The zero-order valence-corrected chi connectivity index (χ0v) is 19.9. The number of ether oxygens (including phenoxy) is 1. The lowest BCUT2D eigenvalue weighted by Crippen LogP contribution is -2.38. The fraction of sp³-hybridized carbons (Fsp3) is 0.423. The lowest BCUT2D eigenvalue weighted by Gasteiger charge is -2.29. The minimum atomic E-state index is -0.812. The second-order valence-corrected chi connectivity index (χ2v) is 9.46. The van der Waals surface area contributed by atoms with Gasteiger partial charge in [0.2, 0.25) is 0 Å². The third-order valence-electron chi connectivity index (χ3n) is 7.37. The summed E-state index contributed by atoms with van der Waals surface area (Å²) in [6, 6.07) is 5.50. The molecule has 1 saturated heterocycles. The highest BCUT2D eigenvalue weighted by molar-refractivity contribution is 6.01. The zero-order valence-electron chi connectivity index (χ0n) is 19.9. The van der Waals surface area contributed by atoms with Gasteiger partial charge in [-0.2, -0.15) is 5.10 Å². The molecule has 2 N–H and O–H groups in total. The molecule has 0 unspecified atom stereocenters. The highest BCUT2D eigenvalue weighted by Crippen LogP contribution is 2.41. The first-order valence-corrected chi connectivity index (χ1v) is 12.2. The maximum Gasteiger partial charge on any atom is 0.306 e. The van der Waals surface area contributed by atoms with Gasteiger partial charge in [-0.25, -0.2) is 13.3 Å². The first-order valence-electron chi connectivity index (χ1n) is 12.2. The summed E-state index contributed by atoms with van der Waals surface area (Å²) in [5, 5.41) is 16.3. The summed E-state index contributed by atoms with van der Waals surface area (Å²) >= 11 is 0. The number of anilines is 1. The van der Waals surface area contributed by atoms with Gasteiger partial charge in [-0.1, -0.05) is 0 Å². The Bertz CT molecular complexity index is 1300. The molecule has 1 saturated carbocycles. The van der Waals surface area contributed by atoms with Crippen LogP contribution in [0.5, 0.6) is 5.75 Å². The topological polar surface area (TPSA) is 96.2 Å². The Balaban J connectivity index is 1.43. The van der Waals surface area contributed by atoms with Gasteiger partial charge >= 0.3 is 5.97 Å². The van der Waals surface area contributed by atoms with Crippen molar-refractivity contribution < 1.29 is 28.2 Å². The molecule has 2 fully saturated rings. The number of carboxylic acid groups (broad SMARTS) is 1. The van der Waals surface area contributed by atoms with Crippen molar-refractivity contribution >= 4 is 23.1 Å². The van der Waals surface area contributed by atoms with Crippen molar-refractivity contribution in [1.29, 1.82) is 0 Å². The molecule has 36 heavy (non-hydrogen) atoms. The average molecular weight is 499 g/mol. The smallest absolute Gasteiger partial charge is 0.306 e. The van der Waals surface area contributed by atoms with Gasteiger partial charge in [0.15, 0.2) is 5.82 Å². The first-order chi connectivity index (χ1) is 17.4. The van der Waals surface area contributed by atoms with Crippen LogP contribution in [-0.4, -0.2) is 46.3 Å². The van der Waals surface area contributed by atoms with Crippen LogP contribution in [0.25, 0.3) is 5.52 Å². The van der Waals surface area contributed by atoms with E-state index in [0.717, 1.165) is 6.42 Å². The van der Waals surface area contributed by atoms with Crippen LogP contribution >= 0.6 is 0 Å². The predicted molar refractivity (Wildman–Crippen MR) is 128 cm³/mol. The Labute approximate surface area is 206 Å². The van der Waals surface area contributed by atoms with E-state index in [0.29, 0.717) is 55.6 Å². The molecule has 2 aliphatic rings. The molecule has 1 aromatic carbocycles. The molecule has 3 heterocycles. The van der Waals surface area contributed by atoms with Crippen LogP contribution in [0, 0.1) is 17.6 Å². The number of rotatable bonds is 6. The number of halogens is 2. The third-order valence-corrected chi connectivity index (χ3v) is 7.37. The second kappa shape index (κ2) is 9.75. The van der Waals surface area contributed by atoms with Gasteiger partial charge in [-0.3, -0.25) is 9.59 Å². The number of methoxy groups -OCH3 is 1. The summed E-state index contributed by atoms with van der Waals surface area (Å²) in [6.45, 7) is 0.569. The molecule has 5 rings (SSSR count). The van der Waals surface area contributed by atoms with Crippen LogP contribution in [0.4, 0.5) is 14.5 Å². The van der Waals surface area contributed by atoms with Gasteiger partial charge in [0.25, 0.3) is 5.91 Å². The summed E-state index contributed by atoms with van der Waals surface area (Å²) in [7, 11) is 1.52. The number of pyridine rings is 1. The van der Waals surface area contributed by atoms with E-state index in [2.05, 4.69) is 10.4 Å². The zero-order chi connectivity index (χ0) is 25.4. The molecular weight excluding hydrogens is 470 g/mol. The predicted octanol–water partition coefficient (Wildman–Crippen LogP) is 4.34. The molecule has 190 valence electrons. The normalized spacial score (nSPS) is 22.1. The molecule has 10 heteroatoms. The van der Waals surface area contributed by atoms with E-state index in [9.17, 15) is 19.1 Å². The Morgan fingerprint density at radius 3 is 2.64 bits per heavy atom. The van der Waals surface area contributed by atoms with Crippen LogP contribution in [0.15, 0.2) is 36.7 Å². The lowest BCUT2D eigenvalue weighted by molar-refractivity contribution is -0.142. The van der Waals surface area contributed by atoms with Crippen LogP contribution in [0.2, 0.25) is 0 Å². The molecule has 3 aromatic rings. The van der Waals surface area contributed by atoms with E-state index in [1.807, 2.05) is 4.90 Å². The van der Waals surface area contributed by atoms with Gasteiger partial charge in [-0.15, -0.1) is 0 Å². The fourth-order valence-corrected chi connectivity index (χ4v) is 5.51. The molecule has 8 nitrogen and oxygen atoms in total. The molecule has 1 amide bonds. The quantitative estimate of drug-likeness (QED) is 0.525. The number of nitrogens with one attached hydrogen (secondary N) is 1. The van der Waals surface area contributed by atoms with Gasteiger partial charge in [-0.05, 0) is 62.8 Å². The van der Waals surface area contributed by atoms with E-state index in [-0.39, 0.29) is 34.9 Å². The standard InChI is InChI=1S/C26H28F2N4O4/c1-36-22-9-6-16(27)13-18(22)20-3-2-11-31(20)21-10-12-32-24(23(21)28)19(14-29-32)25(33)30-17-7-4-15(5-8-17)26(34)35/h6,9-10,12-15,17,20H,2-5,7-8,11H2,1H3,(H,30,33)(H,34,35)/t15-,17-,20-/m1/s1. The van der Waals surface area contributed by atoms with Crippen LogP contribution in [-0.2, 0) is 4.79 Å². The Morgan fingerprint density at radius 1 is 1.14 bits per heavy atom. The lowest BCUT2D eigenvalue weighted by atomic mass is 9.86. The summed E-state index contributed by atoms with van der Waals surface area (Å²) < 4.78 is 36.8. The molecular formula is C26H28F2N4O4. The minimum absolute atomic E-state index is 0.0704. The van der Waals surface area contributed by atoms with E-state index in [1.165, 1.54) is 30.0 Å². The summed E-state index contributed by atoms with van der Waals surface area (Å²) in [5.74, 6) is -2.06. The number of hydrogen-bond acceptors (Lipinski definition) is 5. The number of hydrogen-bond donors (Lipinski definition) is 2. The third kappa shape index (κ3) is 4.36. The van der Waals surface area contributed by atoms with Crippen molar-refractivity contribution in [2.45, 2.75) is 50.6 Å². The number of carboxylic acids is 1. The summed E-state index contributed by atoms with van der Waals surface area (Å²) in [6.07, 6.45) is 6.55. The van der Waals surface area contributed by atoms with Crippen LogP contribution in [0.1, 0.15) is 60.5 Å². The van der Waals surface area contributed by atoms with Crippen molar-refractivity contribution in [2.75, 3.05) is 18.6 Å². The summed E-state index contributed by atoms with van der Waals surface area (Å²) in [5.41, 5.74) is 1.15. The monoisotopic (exact) mass is 498 g/mol. The fourth-order valence-electron chi connectivity index (χ4n) is 5.51. The number of carbonyl (C=O) groups excluding carboxylic acids is 1. The van der Waals surface area contributed by atoms with E-state index in [1.54, 1.807) is 18.3 Å². The Morgan fingerprint density at radius 2 is 1.92 bits per heavy atom. The van der Waals surface area contributed by atoms with Gasteiger partial charge in [0.1, 0.15) is 17.1 Å². The number of aliphatic carboxylic acids is 1. The van der Waals surface area contributed by atoms with Crippen molar-refractivity contribution in [3.63, 3.8) is 0 Å². The van der Waals surface area contributed by atoms with E-state index >= 15 is 4.39 Å². The number of nitrogens with zero attached hydrogens (tertiary/aromatic N) is 3. The second-order valence-electron chi connectivity index (χ2n) is 9.46. The van der Waals surface area contributed by atoms with Gasteiger partial charge in [0, 0.05) is 24.3 Å². The number of benzene rings is 1. The molecule has 1 aliphatic carbocycles. The number of carbonyl (C=O) groups is 2. The van der Waals surface area contributed by atoms with Crippen molar-refractivity contribution in [2.24, 2.45) is 5.92 Å². The number of amides is 1. The largest absolute Gasteiger partial charge is 0.496 e.